The zero-order chi connectivity index (χ0) is 24.3. The Kier molecular flexibility index (Phi) is 6.81. The van der Waals surface area contributed by atoms with E-state index in [0.29, 0.717) is 24.3 Å². The van der Waals surface area contributed by atoms with Gasteiger partial charge in [-0.2, -0.15) is 18.3 Å². The molecule has 0 amide bonds. The molecule has 0 fully saturated rings. The SMILES string of the molecule is COc1ccc(CCCC(=O)c2cnn3c2NC(c2ccccc2)CC3C(F)(F)F)cc1OC. The lowest BCUT2D eigenvalue weighted by molar-refractivity contribution is -0.173. The molecule has 2 heterocycles. The van der Waals surface area contributed by atoms with Gasteiger partial charge in [-0.15, -0.1) is 0 Å². The van der Waals surface area contributed by atoms with E-state index >= 15 is 0 Å². The fourth-order valence-electron chi connectivity index (χ4n) is 4.29. The summed E-state index contributed by atoms with van der Waals surface area (Å²) in [7, 11) is 3.11. The Morgan fingerprint density at radius 3 is 2.53 bits per heavy atom. The minimum Gasteiger partial charge on any atom is -0.493 e. The maximum Gasteiger partial charge on any atom is 0.410 e. The van der Waals surface area contributed by atoms with Gasteiger partial charge in [-0.1, -0.05) is 36.4 Å². The van der Waals surface area contributed by atoms with Crippen molar-refractivity contribution in [3.63, 3.8) is 0 Å². The lowest BCUT2D eigenvalue weighted by Gasteiger charge is -2.34. The van der Waals surface area contributed by atoms with Gasteiger partial charge < -0.3 is 14.8 Å². The van der Waals surface area contributed by atoms with Crippen molar-refractivity contribution in [3.05, 3.63) is 71.4 Å². The number of anilines is 1. The van der Waals surface area contributed by atoms with Crippen LogP contribution in [0, 0.1) is 0 Å². The average molecular weight is 473 g/mol. The number of rotatable bonds is 8. The fraction of sp³-hybridized carbons (Fsp3) is 0.360. The molecule has 2 aromatic carbocycles. The molecular formula is C25H26F3N3O3. The quantitative estimate of drug-likeness (QED) is 0.421. The second kappa shape index (κ2) is 9.79. The lowest BCUT2D eigenvalue weighted by atomic mass is 9.96. The zero-order valence-electron chi connectivity index (χ0n) is 18.9. The first-order chi connectivity index (χ1) is 16.3. The summed E-state index contributed by atoms with van der Waals surface area (Å²) in [6, 6.07) is 12.1. The molecule has 0 saturated heterocycles. The van der Waals surface area contributed by atoms with E-state index in [1.807, 2.05) is 18.2 Å². The number of carbonyl (C=O) groups excluding carboxylic acids is 1. The highest BCUT2D eigenvalue weighted by Gasteiger charge is 2.47. The van der Waals surface area contributed by atoms with Crippen LogP contribution in [-0.2, 0) is 6.42 Å². The smallest absolute Gasteiger partial charge is 0.410 e. The number of hydrogen-bond acceptors (Lipinski definition) is 5. The van der Waals surface area contributed by atoms with Gasteiger partial charge in [0, 0.05) is 12.8 Å². The predicted molar refractivity (Wildman–Crippen MR) is 122 cm³/mol. The highest BCUT2D eigenvalue weighted by atomic mass is 19.4. The van der Waals surface area contributed by atoms with Crippen LogP contribution in [0.5, 0.6) is 11.5 Å². The van der Waals surface area contributed by atoms with Crippen molar-refractivity contribution in [2.24, 2.45) is 0 Å². The van der Waals surface area contributed by atoms with Crippen LogP contribution in [0.2, 0.25) is 0 Å². The molecule has 0 spiro atoms. The predicted octanol–water partition coefficient (Wildman–Crippen LogP) is 5.77. The van der Waals surface area contributed by atoms with Crippen molar-refractivity contribution in [2.75, 3.05) is 19.5 Å². The van der Waals surface area contributed by atoms with Gasteiger partial charge in [-0.25, -0.2) is 4.68 Å². The summed E-state index contributed by atoms with van der Waals surface area (Å²) < 4.78 is 52.9. The first-order valence-electron chi connectivity index (χ1n) is 11.0. The number of aryl methyl sites for hydroxylation is 1. The minimum absolute atomic E-state index is 0.124. The van der Waals surface area contributed by atoms with Gasteiger partial charge in [0.1, 0.15) is 5.82 Å². The maximum absolute atomic E-state index is 13.8. The van der Waals surface area contributed by atoms with Crippen LogP contribution in [0.3, 0.4) is 0 Å². The largest absolute Gasteiger partial charge is 0.493 e. The van der Waals surface area contributed by atoms with Crippen LogP contribution in [0.4, 0.5) is 19.0 Å². The van der Waals surface area contributed by atoms with E-state index in [9.17, 15) is 18.0 Å². The first kappa shape index (κ1) is 23.7. The Bertz CT molecular complexity index is 1150. The molecule has 2 unspecified atom stereocenters. The monoisotopic (exact) mass is 473 g/mol. The van der Waals surface area contributed by atoms with Crippen LogP contribution in [0.1, 0.15) is 52.8 Å². The van der Waals surface area contributed by atoms with Gasteiger partial charge >= 0.3 is 6.18 Å². The molecule has 6 nitrogen and oxygen atoms in total. The molecule has 0 aliphatic carbocycles. The number of halogens is 3. The zero-order valence-corrected chi connectivity index (χ0v) is 18.9. The number of benzene rings is 2. The number of Topliss-reactive ketones (excluding diaryl/α,β-unsaturated/α-hetero) is 1. The van der Waals surface area contributed by atoms with Gasteiger partial charge in [-0.05, 0) is 36.1 Å². The Morgan fingerprint density at radius 1 is 1.12 bits per heavy atom. The molecule has 180 valence electrons. The van der Waals surface area contributed by atoms with E-state index in [1.165, 1.54) is 6.20 Å². The third-order valence-electron chi connectivity index (χ3n) is 6.06. The molecule has 1 aliphatic rings. The Hall–Kier alpha value is -3.49. The van der Waals surface area contributed by atoms with Crippen LogP contribution in [-0.4, -0.2) is 36.0 Å². The molecule has 4 rings (SSSR count). The van der Waals surface area contributed by atoms with Crippen molar-refractivity contribution in [1.82, 2.24) is 9.78 Å². The molecule has 0 radical (unpaired) electrons. The number of ketones is 1. The minimum atomic E-state index is -4.48. The summed E-state index contributed by atoms with van der Waals surface area (Å²) >= 11 is 0. The van der Waals surface area contributed by atoms with E-state index in [2.05, 4.69) is 10.4 Å². The van der Waals surface area contributed by atoms with E-state index < -0.39 is 18.3 Å². The number of ether oxygens (including phenoxy) is 2. The number of alkyl halides is 3. The van der Waals surface area contributed by atoms with Crippen molar-refractivity contribution < 1.29 is 27.4 Å². The summed E-state index contributed by atoms with van der Waals surface area (Å²) in [6.07, 6.45) is -2.11. The topological polar surface area (TPSA) is 65.4 Å². The third kappa shape index (κ3) is 4.88. The standard InChI is InChI=1S/C25H26F3N3O3/c1-33-21-12-11-16(13-22(21)34-2)7-6-10-20(32)18-15-29-31-23(25(26,27)28)14-19(30-24(18)31)17-8-4-3-5-9-17/h3-5,8-9,11-13,15,19,23,30H,6-7,10,14H2,1-2H3. The number of hydrogen-bond donors (Lipinski definition) is 1. The molecule has 1 aromatic heterocycles. The number of nitrogens with zero attached hydrogens (tertiary/aromatic N) is 2. The summed E-state index contributed by atoms with van der Waals surface area (Å²) in [4.78, 5) is 13.0. The van der Waals surface area contributed by atoms with Crippen molar-refractivity contribution in [1.29, 1.82) is 0 Å². The summed E-state index contributed by atoms with van der Waals surface area (Å²) in [5.74, 6) is 1.10. The fourth-order valence-corrected chi connectivity index (χ4v) is 4.29. The molecule has 2 atom stereocenters. The van der Waals surface area contributed by atoms with E-state index in [4.69, 9.17) is 9.47 Å². The second-order valence-electron chi connectivity index (χ2n) is 8.22. The number of methoxy groups -OCH3 is 2. The Balaban J connectivity index is 1.50. The van der Waals surface area contributed by atoms with Crippen LogP contribution in [0.15, 0.2) is 54.7 Å². The maximum atomic E-state index is 13.8. The van der Waals surface area contributed by atoms with E-state index in [-0.39, 0.29) is 30.0 Å². The summed E-state index contributed by atoms with van der Waals surface area (Å²) in [5, 5.41) is 7.07. The van der Waals surface area contributed by atoms with Crippen molar-refractivity contribution in [2.45, 2.75) is 43.9 Å². The van der Waals surface area contributed by atoms with Crippen LogP contribution in [0.25, 0.3) is 0 Å². The van der Waals surface area contributed by atoms with Gasteiger partial charge in [-0.3, -0.25) is 4.79 Å². The highest BCUT2D eigenvalue weighted by Crippen LogP contribution is 2.44. The van der Waals surface area contributed by atoms with Crippen molar-refractivity contribution >= 4 is 11.6 Å². The summed E-state index contributed by atoms with van der Waals surface area (Å²) in [5.41, 5.74) is 1.89. The lowest BCUT2D eigenvalue weighted by Crippen LogP contribution is -2.36. The van der Waals surface area contributed by atoms with Gasteiger partial charge in [0.2, 0.25) is 0 Å². The number of fused-ring (bicyclic) bond motifs is 1. The van der Waals surface area contributed by atoms with Crippen molar-refractivity contribution in [3.8, 4) is 11.5 Å². The van der Waals surface area contributed by atoms with E-state index in [1.54, 1.807) is 44.6 Å². The molecule has 3 aromatic rings. The first-order valence-corrected chi connectivity index (χ1v) is 11.0. The third-order valence-corrected chi connectivity index (χ3v) is 6.06. The molecule has 0 saturated carbocycles. The number of nitrogens with one attached hydrogen (secondary N) is 1. The second-order valence-corrected chi connectivity index (χ2v) is 8.22. The van der Waals surface area contributed by atoms with Gasteiger partial charge in [0.05, 0.1) is 32.0 Å². The van der Waals surface area contributed by atoms with E-state index in [0.717, 1.165) is 15.8 Å². The number of carbonyl (C=O) groups is 1. The molecule has 9 heteroatoms. The molecule has 34 heavy (non-hydrogen) atoms. The normalized spacial score (nSPS) is 17.6. The highest BCUT2D eigenvalue weighted by molar-refractivity contribution is 6.00. The number of aromatic nitrogens is 2. The molecule has 1 aliphatic heterocycles. The molecule has 1 N–H and O–H groups in total. The van der Waals surface area contributed by atoms with Crippen LogP contribution >= 0.6 is 0 Å². The average Bonchev–Trinajstić information content (AvgIpc) is 3.27. The van der Waals surface area contributed by atoms with Gasteiger partial charge in [0.15, 0.2) is 23.3 Å². The molecular weight excluding hydrogens is 447 g/mol. The Labute approximate surface area is 195 Å². The van der Waals surface area contributed by atoms with Crippen LogP contribution < -0.4 is 14.8 Å². The van der Waals surface area contributed by atoms with Gasteiger partial charge in [0.25, 0.3) is 0 Å². The Morgan fingerprint density at radius 2 is 1.85 bits per heavy atom. The summed E-state index contributed by atoms with van der Waals surface area (Å²) in [6.45, 7) is 0. The molecule has 0 bridgehead atoms.